The maximum absolute atomic E-state index is 13.4. The number of carbonyl (C=O) groups is 2. The predicted octanol–water partition coefficient (Wildman–Crippen LogP) is 3.29. The summed E-state index contributed by atoms with van der Waals surface area (Å²) in [5.41, 5.74) is 0.758. The second-order valence-corrected chi connectivity index (χ2v) is 9.58. The van der Waals surface area contributed by atoms with Gasteiger partial charge in [-0.15, -0.1) is 0 Å². The summed E-state index contributed by atoms with van der Waals surface area (Å²) in [5, 5.41) is 1.83. The van der Waals surface area contributed by atoms with Crippen molar-refractivity contribution >= 4 is 32.6 Å². The molecule has 1 atom stereocenters. The highest BCUT2D eigenvalue weighted by Crippen LogP contribution is 2.30. The van der Waals surface area contributed by atoms with Gasteiger partial charge in [0.05, 0.1) is 16.0 Å². The molecule has 30 heavy (non-hydrogen) atoms. The standard InChI is InChI=1S/C23H20N2O4S/c26-22-20-9-3-4-10-21(20)23(27)24(22)15-18-8-5-13-25(18)30(28,29)19-12-11-16-6-1-2-7-17(16)14-19/h1-4,6-7,9-12,14,18H,5,8,13,15H2. The van der Waals surface area contributed by atoms with Crippen LogP contribution < -0.4 is 0 Å². The van der Waals surface area contributed by atoms with E-state index in [-0.39, 0.29) is 23.3 Å². The molecule has 0 N–H and O–H groups in total. The SMILES string of the molecule is O=C1c2ccccc2C(=O)N1CC1CCCN1S(=O)(=O)c1ccc2ccccc2c1. The van der Waals surface area contributed by atoms with E-state index in [1.807, 2.05) is 24.3 Å². The highest BCUT2D eigenvalue weighted by Gasteiger charge is 2.41. The minimum absolute atomic E-state index is 0.0686. The number of sulfonamides is 1. The Bertz CT molecular complexity index is 1250. The Kier molecular flexibility index (Phi) is 4.45. The number of imide groups is 1. The molecule has 2 aliphatic rings. The van der Waals surface area contributed by atoms with Crippen molar-refractivity contribution in [2.24, 2.45) is 0 Å². The van der Waals surface area contributed by atoms with E-state index in [2.05, 4.69) is 0 Å². The van der Waals surface area contributed by atoms with Crippen LogP contribution in [-0.4, -0.2) is 48.6 Å². The molecule has 2 amide bonds. The highest BCUT2D eigenvalue weighted by molar-refractivity contribution is 7.89. The fourth-order valence-corrected chi connectivity index (χ4v) is 6.11. The van der Waals surface area contributed by atoms with Gasteiger partial charge in [0.15, 0.2) is 0 Å². The summed E-state index contributed by atoms with van der Waals surface area (Å²) in [7, 11) is -3.74. The Labute approximate surface area is 174 Å². The van der Waals surface area contributed by atoms with Crippen molar-refractivity contribution in [3.63, 3.8) is 0 Å². The molecule has 5 rings (SSSR count). The largest absolute Gasteiger partial charge is 0.273 e. The second kappa shape index (κ2) is 7.04. The van der Waals surface area contributed by atoms with Crippen LogP contribution in [0.2, 0.25) is 0 Å². The summed E-state index contributed by atoms with van der Waals surface area (Å²) in [6, 6.07) is 19.0. The van der Waals surface area contributed by atoms with E-state index in [9.17, 15) is 18.0 Å². The van der Waals surface area contributed by atoms with Gasteiger partial charge in [0.1, 0.15) is 0 Å². The van der Waals surface area contributed by atoms with E-state index in [0.717, 1.165) is 10.8 Å². The number of hydrogen-bond acceptors (Lipinski definition) is 4. The third-order valence-electron chi connectivity index (χ3n) is 5.92. The van der Waals surface area contributed by atoms with Crippen LogP contribution in [0, 0.1) is 0 Å². The van der Waals surface area contributed by atoms with Crippen LogP contribution in [0.15, 0.2) is 71.6 Å². The van der Waals surface area contributed by atoms with Crippen molar-refractivity contribution in [1.29, 1.82) is 0 Å². The lowest BCUT2D eigenvalue weighted by Gasteiger charge is -2.27. The van der Waals surface area contributed by atoms with Crippen LogP contribution in [-0.2, 0) is 10.0 Å². The first-order chi connectivity index (χ1) is 14.5. The van der Waals surface area contributed by atoms with E-state index < -0.39 is 16.1 Å². The second-order valence-electron chi connectivity index (χ2n) is 7.69. The molecule has 7 heteroatoms. The molecule has 6 nitrogen and oxygen atoms in total. The Morgan fingerprint density at radius 3 is 2.17 bits per heavy atom. The van der Waals surface area contributed by atoms with Gasteiger partial charge in [-0.3, -0.25) is 14.5 Å². The van der Waals surface area contributed by atoms with Gasteiger partial charge in [0, 0.05) is 19.1 Å². The molecule has 0 radical (unpaired) electrons. The van der Waals surface area contributed by atoms with Crippen LogP contribution in [0.25, 0.3) is 10.8 Å². The number of rotatable bonds is 4. The Morgan fingerprint density at radius 1 is 0.833 bits per heavy atom. The first-order valence-electron chi connectivity index (χ1n) is 9.93. The molecule has 0 aliphatic carbocycles. The van der Waals surface area contributed by atoms with Gasteiger partial charge in [0.2, 0.25) is 10.0 Å². The monoisotopic (exact) mass is 420 g/mol. The average Bonchev–Trinajstić information content (AvgIpc) is 3.33. The molecule has 1 fully saturated rings. The van der Waals surface area contributed by atoms with E-state index in [1.165, 1.54) is 9.21 Å². The van der Waals surface area contributed by atoms with Crippen molar-refractivity contribution in [3.05, 3.63) is 77.9 Å². The number of carbonyl (C=O) groups excluding carboxylic acids is 2. The molecule has 0 bridgehead atoms. The van der Waals surface area contributed by atoms with Crippen molar-refractivity contribution in [3.8, 4) is 0 Å². The summed E-state index contributed by atoms with van der Waals surface area (Å²) < 4.78 is 28.2. The van der Waals surface area contributed by atoms with E-state index >= 15 is 0 Å². The molecule has 0 aromatic heterocycles. The average molecular weight is 420 g/mol. The van der Waals surface area contributed by atoms with Gasteiger partial charge in [-0.1, -0.05) is 42.5 Å². The van der Waals surface area contributed by atoms with Gasteiger partial charge in [-0.25, -0.2) is 8.42 Å². The van der Waals surface area contributed by atoms with Crippen LogP contribution >= 0.6 is 0 Å². The van der Waals surface area contributed by atoms with Gasteiger partial charge in [-0.05, 0) is 47.9 Å². The zero-order valence-corrected chi connectivity index (χ0v) is 17.0. The van der Waals surface area contributed by atoms with Crippen molar-refractivity contribution in [2.45, 2.75) is 23.8 Å². The van der Waals surface area contributed by atoms with Gasteiger partial charge in [0.25, 0.3) is 11.8 Å². The molecular formula is C23H20N2O4S. The summed E-state index contributed by atoms with van der Waals surface area (Å²) in [6.45, 7) is 0.447. The van der Waals surface area contributed by atoms with Crippen LogP contribution in [0.3, 0.4) is 0 Å². The third kappa shape index (κ3) is 2.93. The Morgan fingerprint density at radius 2 is 1.47 bits per heavy atom. The summed E-state index contributed by atoms with van der Waals surface area (Å²) in [6.07, 6.45) is 1.31. The number of amides is 2. The molecule has 3 aromatic rings. The molecule has 1 saturated heterocycles. The highest BCUT2D eigenvalue weighted by atomic mass is 32.2. The summed E-state index contributed by atoms with van der Waals surface area (Å²) in [4.78, 5) is 26.8. The zero-order valence-electron chi connectivity index (χ0n) is 16.2. The quantitative estimate of drug-likeness (QED) is 0.607. The van der Waals surface area contributed by atoms with Crippen LogP contribution in [0.5, 0.6) is 0 Å². The van der Waals surface area contributed by atoms with E-state index in [1.54, 1.807) is 42.5 Å². The van der Waals surface area contributed by atoms with Crippen molar-refractivity contribution < 1.29 is 18.0 Å². The van der Waals surface area contributed by atoms with Gasteiger partial charge < -0.3 is 0 Å². The lowest BCUT2D eigenvalue weighted by Crippen LogP contribution is -2.45. The summed E-state index contributed by atoms with van der Waals surface area (Å²) in [5.74, 6) is -0.712. The van der Waals surface area contributed by atoms with Gasteiger partial charge >= 0.3 is 0 Å². The number of benzene rings is 3. The predicted molar refractivity (Wildman–Crippen MR) is 113 cm³/mol. The third-order valence-corrected chi connectivity index (χ3v) is 7.87. The lowest BCUT2D eigenvalue weighted by molar-refractivity contribution is 0.0628. The number of fused-ring (bicyclic) bond motifs is 2. The molecule has 0 saturated carbocycles. The van der Waals surface area contributed by atoms with Gasteiger partial charge in [-0.2, -0.15) is 4.31 Å². The number of nitrogens with zero attached hydrogens (tertiary/aromatic N) is 2. The van der Waals surface area contributed by atoms with Crippen molar-refractivity contribution in [1.82, 2.24) is 9.21 Å². The van der Waals surface area contributed by atoms with Crippen molar-refractivity contribution in [2.75, 3.05) is 13.1 Å². The fourth-order valence-electron chi connectivity index (χ4n) is 4.39. The van der Waals surface area contributed by atoms with E-state index in [0.29, 0.717) is 30.5 Å². The molecule has 3 aromatic carbocycles. The minimum atomic E-state index is -3.74. The smallest absolute Gasteiger partial charge is 0.261 e. The molecule has 1 unspecified atom stereocenters. The summed E-state index contributed by atoms with van der Waals surface area (Å²) >= 11 is 0. The van der Waals surface area contributed by atoms with Crippen LogP contribution in [0.4, 0.5) is 0 Å². The lowest BCUT2D eigenvalue weighted by atomic mass is 10.1. The maximum atomic E-state index is 13.4. The molecular weight excluding hydrogens is 400 g/mol. The normalized spacial score (nSPS) is 19.6. The maximum Gasteiger partial charge on any atom is 0.261 e. The molecule has 0 spiro atoms. The number of hydrogen-bond donors (Lipinski definition) is 0. The Balaban J connectivity index is 1.43. The first-order valence-corrected chi connectivity index (χ1v) is 11.4. The molecule has 2 heterocycles. The first kappa shape index (κ1) is 19.0. The van der Waals surface area contributed by atoms with Crippen LogP contribution in [0.1, 0.15) is 33.6 Å². The minimum Gasteiger partial charge on any atom is -0.273 e. The Hall–Kier alpha value is -3.03. The zero-order chi connectivity index (χ0) is 20.9. The fraction of sp³-hybridized carbons (Fsp3) is 0.217. The molecule has 2 aliphatic heterocycles. The molecule has 152 valence electrons. The van der Waals surface area contributed by atoms with E-state index in [4.69, 9.17) is 0 Å². The topological polar surface area (TPSA) is 74.8 Å².